The molecule has 0 amide bonds. The van der Waals surface area contributed by atoms with Crippen molar-refractivity contribution in [3.05, 3.63) is 47.0 Å². The van der Waals surface area contributed by atoms with Crippen molar-refractivity contribution in [2.45, 2.75) is 20.4 Å². The number of nitrogens with one attached hydrogen (secondary N) is 1. The summed E-state index contributed by atoms with van der Waals surface area (Å²) in [4.78, 5) is 24.0. The maximum atomic E-state index is 11.7. The van der Waals surface area contributed by atoms with Crippen LogP contribution >= 0.6 is 0 Å². The van der Waals surface area contributed by atoms with E-state index in [0.717, 1.165) is 5.56 Å². The van der Waals surface area contributed by atoms with Crippen LogP contribution in [0, 0.1) is 18.3 Å². The molecule has 0 saturated carbocycles. The van der Waals surface area contributed by atoms with E-state index in [2.05, 4.69) is 20.3 Å². The van der Waals surface area contributed by atoms with Crippen molar-refractivity contribution in [3.8, 4) is 6.07 Å². The van der Waals surface area contributed by atoms with Crippen LogP contribution < -0.4 is 5.32 Å². The number of aryl methyl sites for hydroxylation is 1. The number of anilines is 1. The van der Waals surface area contributed by atoms with Crippen molar-refractivity contribution in [1.82, 2.24) is 15.0 Å². The Balaban J connectivity index is 2.06. The van der Waals surface area contributed by atoms with Crippen LogP contribution in [-0.2, 0) is 11.3 Å². The van der Waals surface area contributed by atoms with E-state index in [0.29, 0.717) is 35.9 Å². The van der Waals surface area contributed by atoms with Crippen LogP contribution in [0.1, 0.15) is 34.1 Å². The molecule has 2 aromatic rings. The van der Waals surface area contributed by atoms with Gasteiger partial charge >= 0.3 is 5.97 Å². The van der Waals surface area contributed by atoms with Gasteiger partial charge in [-0.3, -0.25) is 4.98 Å². The van der Waals surface area contributed by atoms with Crippen molar-refractivity contribution in [2.75, 3.05) is 11.9 Å². The van der Waals surface area contributed by atoms with Crippen LogP contribution in [0.25, 0.3) is 0 Å². The van der Waals surface area contributed by atoms with E-state index in [-0.39, 0.29) is 0 Å². The Morgan fingerprint density at radius 2 is 2.23 bits per heavy atom. The lowest BCUT2D eigenvalue weighted by molar-refractivity contribution is 0.0524. The second kappa shape index (κ2) is 7.13. The van der Waals surface area contributed by atoms with E-state index in [1.165, 1.54) is 12.4 Å². The van der Waals surface area contributed by atoms with Gasteiger partial charge in [-0.25, -0.2) is 14.8 Å². The lowest BCUT2D eigenvalue weighted by Gasteiger charge is -2.08. The molecular formula is C15H15N5O2. The summed E-state index contributed by atoms with van der Waals surface area (Å²) in [5.41, 5.74) is 2.23. The highest BCUT2D eigenvalue weighted by atomic mass is 16.5. The Bertz CT molecular complexity index is 724. The first-order chi connectivity index (χ1) is 10.6. The van der Waals surface area contributed by atoms with Gasteiger partial charge in [0.25, 0.3) is 0 Å². The van der Waals surface area contributed by atoms with E-state index < -0.39 is 5.97 Å². The third-order valence-electron chi connectivity index (χ3n) is 2.85. The Morgan fingerprint density at radius 1 is 1.41 bits per heavy atom. The minimum atomic E-state index is -0.433. The van der Waals surface area contributed by atoms with Crippen LogP contribution in [0.2, 0.25) is 0 Å². The smallest absolute Gasteiger partial charge is 0.341 e. The lowest BCUT2D eigenvalue weighted by atomic mass is 10.2. The van der Waals surface area contributed by atoms with Gasteiger partial charge in [0.15, 0.2) is 0 Å². The molecule has 7 nitrogen and oxygen atoms in total. The number of carbonyl (C=O) groups is 1. The molecule has 2 rings (SSSR count). The number of pyridine rings is 1. The molecule has 7 heteroatoms. The summed E-state index contributed by atoms with van der Waals surface area (Å²) in [7, 11) is 0. The molecule has 0 radical (unpaired) electrons. The molecule has 2 aromatic heterocycles. The minimum absolute atomic E-state index is 0.306. The number of hydrogen-bond donors (Lipinski definition) is 1. The molecule has 0 bridgehead atoms. The molecule has 0 aliphatic rings. The molecule has 2 heterocycles. The summed E-state index contributed by atoms with van der Waals surface area (Å²) in [6.07, 6.45) is 4.60. The van der Waals surface area contributed by atoms with E-state index in [9.17, 15) is 4.79 Å². The molecule has 0 spiro atoms. The van der Waals surface area contributed by atoms with Gasteiger partial charge in [0.1, 0.15) is 6.07 Å². The average Bonchev–Trinajstić information content (AvgIpc) is 2.53. The molecule has 112 valence electrons. The van der Waals surface area contributed by atoms with E-state index in [4.69, 9.17) is 10.00 Å². The van der Waals surface area contributed by atoms with Crippen LogP contribution in [0.4, 0.5) is 5.95 Å². The molecule has 0 atom stereocenters. The second-order valence-electron chi connectivity index (χ2n) is 4.46. The molecule has 0 aliphatic heterocycles. The molecule has 0 saturated heterocycles. The number of aromatic nitrogens is 3. The maximum absolute atomic E-state index is 11.7. The van der Waals surface area contributed by atoms with E-state index in [1.54, 1.807) is 26.1 Å². The predicted molar refractivity (Wildman–Crippen MR) is 79.0 cm³/mol. The third kappa shape index (κ3) is 3.76. The lowest BCUT2D eigenvalue weighted by Crippen LogP contribution is -2.11. The summed E-state index contributed by atoms with van der Waals surface area (Å²) in [6, 6.07) is 3.77. The summed E-state index contributed by atoms with van der Waals surface area (Å²) >= 11 is 0. The van der Waals surface area contributed by atoms with Crippen LogP contribution in [0.5, 0.6) is 0 Å². The number of nitriles is 1. The van der Waals surface area contributed by atoms with Crippen LogP contribution in [0.15, 0.2) is 24.7 Å². The highest BCUT2D eigenvalue weighted by molar-refractivity contribution is 5.90. The summed E-state index contributed by atoms with van der Waals surface area (Å²) in [6.45, 7) is 4.20. The average molecular weight is 297 g/mol. The number of hydrogen-bond acceptors (Lipinski definition) is 7. The van der Waals surface area contributed by atoms with Crippen LogP contribution in [0.3, 0.4) is 0 Å². The van der Waals surface area contributed by atoms with Gasteiger partial charge in [-0.15, -0.1) is 0 Å². The van der Waals surface area contributed by atoms with E-state index in [1.807, 2.05) is 6.07 Å². The zero-order valence-electron chi connectivity index (χ0n) is 12.3. The highest BCUT2D eigenvalue weighted by Gasteiger charge is 2.12. The molecular weight excluding hydrogens is 282 g/mol. The number of ether oxygens (including phenoxy) is 1. The molecule has 0 fully saturated rings. The van der Waals surface area contributed by atoms with Gasteiger partial charge in [-0.1, -0.05) is 0 Å². The topological polar surface area (TPSA) is 101 Å². The van der Waals surface area contributed by atoms with Gasteiger partial charge in [0, 0.05) is 25.1 Å². The van der Waals surface area contributed by atoms with Crippen molar-refractivity contribution in [2.24, 2.45) is 0 Å². The number of esters is 1. The quantitative estimate of drug-likeness (QED) is 0.840. The Kier molecular flexibility index (Phi) is 4.98. The molecule has 0 aromatic carbocycles. The Hall–Kier alpha value is -3.01. The monoisotopic (exact) mass is 297 g/mol. The first-order valence-electron chi connectivity index (χ1n) is 6.72. The number of rotatable bonds is 5. The first-order valence-corrected chi connectivity index (χ1v) is 6.72. The zero-order valence-corrected chi connectivity index (χ0v) is 12.3. The maximum Gasteiger partial charge on any atom is 0.341 e. The number of carbonyl (C=O) groups excluding carboxylic acids is 1. The first kappa shape index (κ1) is 15.4. The fraction of sp³-hybridized carbons (Fsp3) is 0.267. The zero-order chi connectivity index (χ0) is 15.9. The summed E-state index contributed by atoms with van der Waals surface area (Å²) in [5, 5.41) is 11.9. The van der Waals surface area contributed by atoms with Gasteiger partial charge in [-0.05, 0) is 25.5 Å². The highest BCUT2D eigenvalue weighted by Crippen LogP contribution is 2.10. The van der Waals surface area contributed by atoms with Crippen molar-refractivity contribution < 1.29 is 9.53 Å². The summed E-state index contributed by atoms with van der Waals surface area (Å²) < 4.78 is 4.93. The van der Waals surface area contributed by atoms with Gasteiger partial charge in [0.2, 0.25) is 5.95 Å². The van der Waals surface area contributed by atoms with Gasteiger partial charge in [0.05, 0.1) is 23.4 Å². The molecule has 22 heavy (non-hydrogen) atoms. The van der Waals surface area contributed by atoms with Crippen molar-refractivity contribution >= 4 is 11.9 Å². The Labute approximate surface area is 128 Å². The van der Waals surface area contributed by atoms with E-state index >= 15 is 0 Å². The van der Waals surface area contributed by atoms with Crippen molar-refractivity contribution in [3.63, 3.8) is 0 Å². The second-order valence-corrected chi connectivity index (χ2v) is 4.46. The standard InChI is InChI=1S/C15H15N5O2/c1-3-22-14(21)13-9-19-15(20-10(13)2)18-8-12-4-11(5-16)6-17-7-12/h4,6-7,9H,3,8H2,1-2H3,(H,18,19,20). The molecule has 0 aliphatic carbocycles. The fourth-order valence-corrected chi connectivity index (χ4v) is 1.79. The predicted octanol–water partition coefficient (Wildman–Crippen LogP) is 1.84. The number of nitrogens with zero attached hydrogens (tertiary/aromatic N) is 4. The minimum Gasteiger partial charge on any atom is -0.462 e. The fourth-order valence-electron chi connectivity index (χ4n) is 1.79. The SMILES string of the molecule is CCOC(=O)c1cnc(NCc2cncc(C#N)c2)nc1C. The van der Waals surface area contributed by atoms with Gasteiger partial charge in [-0.2, -0.15) is 5.26 Å². The van der Waals surface area contributed by atoms with Crippen molar-refractivity contribution in [1.29, 1.82) is 5.26 Å². The molecule has 1 N–H and O–H groups in total. The normalized spacial score (nSPS) is 9.86. The van der Waals surface area contributed by atoms with Crippen LogP contribution in [-0.4, -0.2) is 27.5 Å². The Morgan fingerprint density at radius 3 is 2.91 bits per heavy atom. The molecule has 0 unspecified atom stereocenters. The summed E-state index contributed by atoms with van der Waals surface area (Å²) in [5.74, 6) is -0.0367. The largest absolute Gasteiger partial charge is 0.462 e. The van der Waals surface area contributed by atoms with Gasteiger partial charge < -0.3 is 10.1 Å². The third-order valence-corrected chi connectivity index (χ3v) is 2.85.